The zero-order valence-electron chi connectivity index (χ0n) is 16.4. The molecule has 0 saturated heterocycles. The van der Waals surface area contributed by atoms with Crippen molar-refractivity contribution < 1.29 is 14.3 Å². The lowest BCUT2D eigenvalue weighted by atomic mass is 10.1. The Balaban J connectivity index is 2.34. The predicted molar refractivity (Wildman–Crippen MR) is 112 cm³/mol. The molecule has 28 heavy (non-hydrogen) atoms. The summed E-state index contributed by atoms with van der Waals surface area (Å²) < 4.78 is 11.1. The molecule has 146 valence electrons. The maximum atomic E-state index is 12.5. The molecule has 2 aromatic carbocycles. The average molecular weight is 399 g/mol. The van der Waals surface area contributed by atoms with Gasteiger partial charge in [0, 0.05) is 11.8 Å². The fraction of sp³-hybridized carbons (Fsp3) is 0.273. The standard InChI is InChI=1S/C22H23ClN2O3/c1-5-27-20-11-16(19(23)12-21(20)28-6-2)10-17(13-24)22(26)25-18-8-7-14(3)15(4)9-18/h7-12H,5-6H2,1-4H3,(H,25,26)/b17-10+. The lowest BCUT2D eigenvalue weighted by Gasteiger charge is -2.13. The molecule has 0 aliphatic carbocycles. The smallest absolute Gasteiger partial charge is 0.266 e. The number of nitrogens with one attached hydrogen (secondary N) is 1. The van der Waals surface area contributed by atoms with Crippen LogP contribution in [0.5, 0.6) is 11.5 Å². The lowest BCUT2D eigenvalue weighted by Crippen LogP contribution is -2.13. The van der Waals surface area contributed by atoms with Gasteiger partial charge >= 0.3 is 0 Å². The minimum absolute atomic E-state index is 0.0632. The van der Waals surface area contributed by atoms with E-state index < -0.39 is 5.91 Å². The van der Waals surface area contributed by atoms with Crippen molar-refractivity contribution in [3.05, 3.63) is 57.6 Å². The van der Waals surface area contributed by atoms with E-state index in [4.69, 9.17) is 21.1 Å². The molecule has 5 nitrogen and oxygen atoms in total. The van der Waals surface area contributed by atoms with Gasteiger partial charge in [0.05, 0.1) is 18.2 Å². The molecule has 0 aliphatic rings. The molecular formula is C22H23ClN2O3. The molecular weight excluding hydrogens is 376 g/mol. The highest BCUT2D eigenvalue weighted by Gasteiger charge is 2.14. The van der Waals surface area contributed by atoms with Gasteiger partial charge in [0.25, 0.3) is 5.91 Å². The largest absolute Gasteiger partial charge is 0.490 e. The number of aryl methyl sites for hydroxylation is 2. The highest BCUT2D eigenvalue weighted by Crippen LogP contribution is 2.34. The Bertz CT molecular complexity index is 946. The number of anilines is 1. The number of hydrogen-bond acceptors (Lipinski definition) is 4. The second kappa shape index (κ2) is 9.82. The predicted octanol–water partition coefficient (Wildman–Crippen LogP) is 5.30. The van der Waals surface area contributed by atoms with Gasteiger partial charge in [0.15, 0.2) is 11.5 Å². The molecule has 1 amide bonds. The van der Waals surface area contributed by atoms with Crippen LogP contribution in [0, 0.1) is 25.2 Å². The van der Waals surface area contributed by atoms with Gasteiger partial charge in [-0.25, -0.2) is 0 Å². The van der Waals surface area contributed by atoms with E-state index in [1.165, 1.54) is 6.08 Å². The summed E-state index contributed by atoms with van der Waals surface area (Å²) in [5.74, 6) is 0.519. The van der Waals surface area contributed by atoms with Crippen LogP contribution in [0.2, 0.25) is 5.02 Å². The molecule has 0 unspecified atom stereocenters. The van der Waals surface area contributed by atoms with Crippen molar-refractivity contribution in [1.82, 2.24) is 0 Å². The zero-order chi connectivity index (χ0) is 20.7. The van der Waals surface area contributed by atoms with Crippen LogP contribution in [0.15, 0.2) is 35.9 Å². The maximum absolute atomic E-state index is 12.5. The van der Waals surface area contributed by atoms with E-state index in [0.717, 1.165) is 11.1 Å². The quantitative estimate of drug-likeness (QED) is 0.507. The fourth-order valence-corrected chi connectivity index (χ4v) is 2.73. The fourth-order valence-electron chi connectivity index (χ4n) is 2.52. The van der Waals surface area contributed by atoms with Crippen molar-refractivity contribution in [2.75, 3.05) is 18.5 Å². The number of halogens is 1. The van der Waals surface area contributed by atoms with Gasteiger partial charge in [-0.3, -0.25) is 4.79 Å². The number of hydrogen-bond donors (Lipinski definition) is 1. The Kier molecular flexibility index (Phi) is 7.48. The van der Waals surface area contributed by atoms with Gasteiger partial charge in [-0.05, 0) is 68.7 Å². The van der Waals surface area contributed by atoms with E-state index in [-0.39, 0.29) is 5.57 Å². The van der Waals surface area contributed by atoms with Gasteiger partial charge in [-0.15, -0.1) is 0 Å². The second-order valence-electron chi connectivity index (χ2n) is 6.11. The van der Waals surface area contributed by atoms with E-state index in [0.29, 0.717) is 41.0 Å². The van der Waals surface area contributed by atoms with Crippen LogP contribution >= 0.6 is 11.6 Å². The molecule has 0 aromatic heterocycles. The monoisotopic (exact) mass is 398 g/mol. The van der Waals surface area contributed by atoms with Gasteiger partial charge in [-0.1, -0.05) is 17.7 Å². The summed E-state index contributed by atoms with van der Waals surface area (Å²) in [7, 11) is 0. The third-order valence-electron chi connectivity index (χ3n) is 4.09. The minimum atomic E-state index is -0.506. The summed E-state index contributed by atoms with van der Waals surface area (Å²) in [6.45, 7) is 8.59. The highest BCUT2D eigenvalue weighted by molar-refractivity contribution is 6.32. The van der Waals surface area contributed by atoms with E-state index >= 15 is 0 Å². The van der Waals surface area contributed by atoms with E-state index in [2.05, 4.69) is 5.32 Å². The maximum Gasteiger partial charge on any atom is 0.266 e. The molecule has 0 spiro atoms. The van der Waals surface area contributed by atoms with Crippen molar-refractivity contribution in [2.45, 2.75) is 27.7 Å². The third-order valence-corrected chi connectivity index (χ3v) is 4.42. The minimum Gasteiger partial charge on any atom is -0.490 e. The molecule has 6 heteroatoms. The lowest BCUT2D eigenvalue weighted by molar-refractivity contribution is -0.112. The number of nitriles is 1. The second-order valence-corrected chi connectivity index (χ2v) is 6.52. The van der Waals surface area contributed by atoms with Crippen LogP contribution in [0.3, 0.4) is 0 Å². The molecule has 0 atom stereocenters. The van der Waals surface area contributed by atoms with Crippen molar-refractivity contribution >= 4 is 29.3 Å². The number of ether oxygens (including phenoxy) is 2. The topological polar surface area (TPSA) is 71.3 Å². The zero-order valence-corrected chi connectivity index (χ0v) is 17.2. The number of nitrogens with zero attached hydrogens (tertiary/aromatic N) is 1. The molecule has 0 radical (unpaired) electrons. The Hall–Kier alpha value is -2.97. The summed E-state index contributed by atoms with van der Waals surface area (Å²) in [6, 6.07) is 10.8. The van der Waals surface area contributed by atoms with Crippen molar-refractivity contribution in [1.29, 1.82) is 5.26 Å². The highest BCUT2D eigenvalue weighted by atomic mass is 35.5. The number of carbonyl (C=O) groups is 1. The first-order valence-corrected chi connectivity index (χ1v) is 9.36. The number of rotatable bonds is 7. The molecule has 0 aliphatic heterocycles. The average Bonchev–Trinajstić information content (AvgIpc) is 2.66. The molecule has 2 aromatic rings. The summed E-state index contributed by atoms with van der Waals surface area (Å²) in [4.78, 5) is 12.5. The van der Waals surface area contributed by atoms with Crippen LogP contribution in [-0.4, -0.2) is 19.1 Å². The van der Waals surface area contributed by atoms with Gasteiger partial charge in [0.1, 0.15) is 11.6 Å². The number of carbonyl (C=O) groups excluding carboxylic acids is 1. The Morgan fingerprint density at radius 1 is 1.11 bits per heavy atom. The van der Waals surface area contributed by atoms with Crippen LogP contribution in [0.1, 0.15) is 30.5 Å². The molecule has 0 saturated carbocycles. The molecule has 0 bridgehead atoms. The Morgan fingerprint density at radius 3 is 2.32 bits per heavy atom. The van der Waals surface area contributed by atoms with E-state index in [1.54, 1.807) is 18.2 Å². The van der Waals surface area contributed by atoms with Crippen LogP contribution in [0.25, 0.3) is 6.08 Å². The molecule has 1 N–H and O–H groups in total. The molecule has 2 rings (SSSR count). The number of amides is 1. The van der Waals surface area contributed by atoms with E-state index in [9.17, 15) is 10.1 Å². The first kappa shape index (κ1) is 21.3. The third kappa shape index (κ3) is 5.28. The van der Waals surface area contributed by atoms with Crippen molar-refractivity contribution in [3.63, 3.8) is 0 Å². The van der Waals surface area contributed by atoms with Gasteiger partial charge in [-0.2, -0.15) is 5.26 Å². The van der Waals surface area contributed by atoms with E-state index in [1.807, 2.05) is 45.9 Å². The first-order valence-electron chi connectivity index (χ1n) is 8.99. The normalized spacial score (nSPS) is 10.9. The van der Waals surface area contributed by atoms with Crippen LogP contribution in [0.4, 0.5) is 5.69 Å². The summed E-state index contributed by atoms with van der Waals surface area (Å²) in [5, 5.41) is 12.6. The summed E-state index contributed by atoms with van der Waals surface area (Å²) in [5.41, 5.74) is 3.24. The molecule has 0 fully saturated rings. The summed E-state index contributed by atoms with van der Waals surface area (Å²) >= 11 is 6.32. The van der Waals surface area contributed by atoms with Gasteiger partial charge in [0.2, 0.25) is 0 Å². The number of benzene rings is 2. The van der Waals surface area contributed by atoms with Crippen LogP contribution < -0.4 is 14.8 Å². The van der Waals surface area contributed by atoms with Gasteiger partial charge < -0.3 is 14.8 Å². The molecule has 0 heterocycles. The Labute approximate surface area is 170 Å². The first-order chi connectivity index (χ1) is 13.4. The Morgan fingerprint density at radius 2 is 1.75 bits per heavy atom. The summed E-state index contributed by atoms with van der Waals surface area (Å²) in [6.07, 6.45) is 1.44. The SMILES string of the molecule is CCOc1cc(Cl)c(/C=C(\C#N)C(=O)Nc2ccc(C)c(C)c2)cc1OCC. The van der Waals surface area contributed by atoms with Crippen LogP contribution in [-0.2, 0) is 4.79 Å². The van der Waals surface area contributed by atoms with Crippen molar-refractivity contribution in [2.24, 2.45) is 0 Å². The van der Waals surface area contributed by atoms with Crippen molar-refractivity contribution in [3.8, 4) is 17.6 Å².